The number of ether oxygens (including phenoxy) is 2. The molecule has 0 saturated heterocycles. The zero-order chi connectivity index (χ0) is 35.4. The topological polar surface area (TPSA) is 205 Å². The predicted molar refractivity (Wildman–Crippen MR) is 186 cm³/mol. The zero-order valence-electron chi connectivity index (χ0n) is 27.7. The summed E-state index contributed by atoms with van der Waals surface area (Å²) in [4.78, 5) is 17.4. The number of anilines is 2. The summed E-state index contributed by atoms with van der Waals surface area (Å²) < 4.78 is 65.1. The molecular formula is C33H42N6O7S2. The van der Waals surface area contributed by atoms with Crippen LogP contribution in [0.3, 0.4) is 0 Å². The molecule has 1 unspecified atom stereocenters. The first-order valence-corrected chi connectivity index (χ1v) is 18.2. The van der Waals surface area contributed by atoms with Gasteiger partial charge in [-0.25, -0.2) is 31.7 Å². The number of sulfonamides is 2. The molecule has 0 fully saturated rings. The van der Waals surface area contributed by atoms with E-state index in [1.165, 1.54) is 12.1 Å². The van der Waals surface area contributed by atoms with Gasteiger partial charge in [0.1, 0.15) is 11.9 Å². The van der Waals surface area contributed by atoms with Crippen LogP contribution >= 0.6 is 0 Å². The first-order chi connectivity index (χ1) is 22.4. The number of pyridine rings is 1. The molecule has 1 atom stereocenters. The average Bonchev–Trinajstić information content (AvgIpc) is 2.98. The maximum Gasteiger partial charge on any atom is 0.247 e. The third-order valence-electron chi connectivity index (χ3n) is 6.82. The molecule has 0 saturated carbocycles. The lowest BCUT2D eigenvalue weighted by molar-refractivity contribution is -0.122. The van der Waals surface area contributed by atoms with Gasteiger partial charge in [0, 0.05) is 29.4 Å². The number of nitrogen functional groups attached to an aromatic ring is 1. The number of carbonyl (C=O) groups is 1. The van der Waals surface area contributed by atoms with E-state index < -0.39 is 42.4 Å². The van der Waals surface area contributed by atoms with E-state index in [1.54, 1.807) is 63.4 Å². The predicted octanol–water partition coefficient (Wildman–Crippen LogP) is 4.20. The summed E-state index contributed by atoms with van der Waals surface area (Å²) in [5.74, 6) is 0.836. The number of fused-ring (bicyclic) bond motifs is 1. The Balaban J connectivity index is 1.73. The van der Waals surface area contributed by atoms with E-state index in [-0.39, 0.29) is 23.1 Å². The highest BCUT2D eigenvalue weighted by Gasteiger charge is 2.26. The zero-order valence-corrected chi connectivity index (χ0v) is 29.3. The van der Waals surface area contributed by atoms with Crippen molar-refractivity contribution in [3.63, 3.8) is 0 Å². The standard InChI is InChI=1S/C33H42N6O7S2/c1-7-45-29-17-23(8-11-28(29)46-20(2)3)30(38-24-9-10-27-22(16-24)12-13-36-31(27)34)32(40)37-19-21-14-25(47(35,41)42)18-26(15-21)48(43,44)39-33(4,5)6/h8-18,20,30,38-39H,7,19H2,1-6H3,(H2,34,36)(H,37,40)(H2,35,41,42). The van der Waals surface area contributed by atoms with E-state index in [4.69, 9.17) is 20.3 Å². The molecule has 0 bridgehead atoms. The normalized spacial score (nSPS) is 12.9. The summed E-state index contributed by atoms with van der Waals surface area (Å²) >= 11 is 0. The number of aromatic nitrogens is 1. The molecule has 0 aliphatic heterocycles. The van der Waals surface area contributed by atoms with E-state index in [0.29, 0.717) is 35.2 Å². The third kappa shape index (κ3) is 9.34. The first-order valence-electron chi connectivity index (χ1n) is 15.2. The van der Waals surface area contributed by atoms with Crippen molar-refractivity contribution in [2.75, 3.05) is 17.7 Å². The highest BCUT2D eigenvalue weighted by Crippen LogP contribution is 2.33. The number of primary sulfonamides is 1. The molecule has 7 N–H and O–H groups in total. The molecule has 1 heterocycles. The lowest BCUT2D eigenvalue weighted by Crippen LogP contribution is -2.40. The average molecular weight is 699 g/mol. The van der Waals surface area contributed by atoms with Crippen molar-refractivity contribution in [2.24, 2.45) is 5.14 Å². The van der Waals surface area contributed by atoms with E-state index in [2.05, 4.69) is 20.3 Å². The highest BCUT2D eigenvalue weighted by molar-refractivity contribution is 7.90. The minimum atomic E-state index is -4.29. The monoisotopic (exact) mass is 698 g/mol. The summed E-state index contributed by atoms with van der Waals surface area (Å²) in [6, 6.07) is 14.9. The van der Waals surface area contributed by atoms with Crippen LogP contribution in [0.1, 0.15) is 58.7 Å². The summed E-state index contributed by atoms with van der Waals surface area (Å²) in [5, 5.41) is 13.0. The molecule has 13 nitrogen and oxygen atoms in total. The Hall–Kier alpha value is -4.44. The fraction of sp³-hybridized carbons (Fsp3) is 0.333. The molecule has 48 heavy (non-hydrogen) atoms. The van der Waals surface area contributed by atoms with E-state index in [0.717, 1.165) is 16.8 Å². The summed E-state index contributed by atoms with van der Waals surface area (Å²) in [6.07, 6.45) is 1.47. The number of nitrogens with zero attached hydrogens (tertiary/aromatic N) is 1. The van der Waals surface area contributed by atoms with Crippen LogP contribution in [0.5, 0.6) is 11.5 Å². The SMILES string of the molecule is CCOc1cc(C(Nc2ccc3c(N)nccc3c2)C(=O)NCc2cc(S(N)(=O)=O)cc(S(=O)(=O)NC(C)(C)C)c2)ccc1OC(C)C. The summed E-state index contributed by atoms with van der Waals surface area (Å²) in [6.45, 7) is 10.7. The maximum atomic E-state index is 14.0. The second kappa shape index (κ2) is 14.4. The van der Waals surface area contributed by atoms with Crippen LogP contribution in [0.2, 0.25) is 0 Å². The lowest BCUT2D eigenvalue weighted by Gasteiger charge is -2.23. The number of nitrogens with one attached hydrogen (secondary N) is 3. The number of rotatable bonds is 13. The Morgan fingerprint density at radius 1 is 0.938 bits per heavy atom. The molecule has 1 amide bonds. The number of nitrogens with two attached hydrogens (primary N) is 2. The summed E-state index contributed by atoms with van der Waals surface area (Å²) in [5.41, 5.74) is 6.53. The molecule has 0 aliphatic carbocycles. The fourth-order valence-corrected chi connectivity index (χ4v) is 7.08. The molecule has 258 valence electrons. The van der Waals surface area contributed by atoms with Crippen molar-refractivity contribution in [3.05, 3.63) is 78.0 Å². The molecule has 15 heteroatoms. The van der Waals surface area contributed by atoms with Crippen molar-refractivity contribution < 1.29 is 31.1 Å². The van der Waals surface area contributed by atoms with Crippen molar-refractivity contribution >= 4 is 48.2 Å². The number of benzene rings is 3. The molecule has 3 aromatic carbocycles. The van der Waals surface area contributed by atoms with Crippen LogP contribution in [0.25, 0.3) is 10.8 Å². The Labute approximate surface area is 281 Å². The minimum Gasteiger partial charge on any atom is -0.490 e. The van der Waals surface area contributed by atoms with Gasteiger partial charge in [-0.15, -0.1) is 0 Å². The van der Waals surface area contributed by atoms with Crippen LogP contribution in [0.4, 0.5) is 11.5 Å². The molecule has 0 aliphatic rings. The Kier molecular flexibility index (Phi) is 10.9. The fourth-order valence-electron chi connectivity index (χ4n) is 4.89. The third-order valence-corrected chi connectivity index (χ3v) is 9.45. The van der Waals surface area contributed by atoms with Crippen molar-refractivity contribution in [3.8, 4) is 11.5 Å². The first kappa shape index (κ1) is 36.4. The molecule has 4 aromatic rings. The van der Waals surface area contributed by atoms with Gasteiger partial charge in [-0.3, -0.25) is 4.79 Å². The Bertz CT molecular complexity index is 2030. The van der Waals surface area contributed by atoms with Gasteiger partial charge in [-0.2, -0.15) is 0 Å². The second-order valence-corrected chi connectivity index (χ2v) is 15.7. The number of hydrogen-bond acceptors (Lipinski definition) is 10. The second-order valence-electron chi connectivity index (χ2n) is 12.4. The van der Waals surface area contributed by atoms with Crippen LogP contribution in [-0.4, -0.2) is 46.0 Å². The van der Waals surface area contributed by atoms with Crippen molar-refractivity contribution in [1.29, 1.82) is 0 Å². The number of carbonyl (C=O) groups excluding carboxylic acids is 1. The number of amides is 1. The smallest absolute Gasteiger partial charge is 0.247 e. The van der Waals surface area contributed by atoms with Gasteiger partial charge in [-0.05, 0) is 113 Å². The molecule has 4 rings (SSSR count). The maximum absolute atomic E-state index is 14.0. The van der Waals surface area contributed by atoms with Crippen LogP contribution in [-0.2, 0) is 31.4 Å². The lowest BCUT2D eigenvalue weighted by atomic mass is 10.0. The van der Waals surface area contributed by atoms with E-state index in [1.807, 2.05) is 26.8 Å². The van der Waals surface area contributed by atoms with Crippen LogP contribution in [0, 0.1) is 0 Å². The van der Waals surface area contributed by atoms with Gasteiger partial charge < -0.3 is 25.8 Å². The Morgan fingerprint density at radius 2 is 1.65 bits per heavy atom. The van der Waals surface area contributed by atoms with Gasteiger partial charge in [0.2, 0.25) is 26.0 Å². The molecular weight excluding hydrogens is 657 g/mol. The quantitative estimate of drug-likeness (QED) is 0.135. The van der Waals surface area contributed by atoms with Gasteiger partial charge in [0.05, 0.1) is 22.5 Å². The van der Waals surface area contributed by atoms with E-state index >= 15 is 0 Å². The van der Waals surface area contributed by atoms with Gasteiger partial charge in [0.25, 0.3) is 0 Å². The summed E-state index contributed by atoms with van der Waals surface area (Å²) in [7, 11) is -8.43. The van der Waals surface area contributed by atoms with Crippen molar-refractivity contribution in [2.45, 2.75) is 75.6 Å². The van der Waals surface area contributed by atoms with Gasteiger partial charge >= 0.3 is 0 Å². The largest absolute Gasteiger partial charge is 0.490 e. The molecule has 0 spiro atoms. The Morgan fingerprint density at radius 3 is 2.29 bits per heavy atom. The highest BCUT2D eigenvalue weighted by atomic mass is 32.2. The van der Waals surface area contributed by atoms with Gasteiger partial charge in [-0.1, -0.05) is 6.07 Å². The van der Waals surface area contributed by atoms with Crippen LogP contribution in [0.15, 0.2) is 76.7 Å². The van der Waals surface area contributed by atoms with Crippen LogP contribution < -0.4 is 35.7 Å². The molecule has 0 radical (unpaired) electrons. The minimum absolute atomic E-state index is 0.118. The van der Waals surface area contributed by atoms with Crippen molar-refractivity contribution in [1.82, 2.24) is 15.0 Å². The van der Waals surface area contributed by atoms with Gasteiger partial charge in [0.15, 0.2) is 11.5 Å². The number of hydrogen-bond donors (Lipinski definition) is 5. The molecule has 1 aromatic heterocycles. The van der Waals surface area contributed by atoms with E-state index in [9.17, 15) is 21.6 Å².